The zero-order valence-electron chi connectivity index (χ0n) is 12.9. The van der Waals surface area contributed by atoms with Crippen LogP contribution in [-0.2, 0) is 17.8 Å². The molecule has 1 heterocycles. The molecule has 4 heteroatoms. The number of rotatable bonds is 8. The Kier molecular flexibility index (Phi) is 5.37. The summed E-state index contributed by atoms with van der Waals surface area (Å²) in [5.74, 6) is -0.141. The van der Waals surface area contributed by atoms with E-state index in [0.29, 0.717) is 6.42 Å². The Morgan fingerprint density at radius 3 is 2.71 bits per heavy atom. The van der Waals surface area contributed by atoms with Crippen molar-refractivity contribution >= 4 is 17.0 Å². The fraction of sp³-hybridized carbons (Fsp3) is 0.529. The van der Waals surface area contributed by atoms with E-state index in [2.05, 4.69) is 29.5 Å². The van der Waals surface area contributed by atoms with Crippen LogP contribution in [0.3, 0.4) is 0 Å². The van der Waals surface area contributed by atoms with Crippen molar-refractivity contribution in [3.63, 3.8) is 0 Å². The molecule has 0 aliphatic rings. The van der Waals surface area contributed by atoms with Crippen molar-refractivity contribution in [3.05, 3.63) is 30.1 Å². The molecule has 0 amide bonds. The number of fused-ring (bicyclic) bond motifs is 1. The van der Waals surface area contributed by atoms with Gasteiger partial charge in [0.2, 0.25) is 0 Å². The number of para-hydroxylation sites is 2. The van der Waals surface area contributed by atoms with Crippen LogP contribution < -0.4 is 0 Å². The smallest absolute Gasteiger partial charge is 0.306 e. The molecular weight excluding hydrogens is 264 g/mol. The topological polar surface area (TPSA) is 55.1 Å². The average Bonchev–Trinajstić information content (AvgIpc) is 2.81. The summed E-state index contributed by atoms with van der Waals surface area (Å²) >= 11 is 0. The first-order valence-electron chi connectivity index (χ1n) is 7.84. The van der Waals surface area contributed by atoms with Crippen molar-refractivity contribution in [2.75, 3.05) is 0 Å². The molecule has 2 aromatic rings. The van der Waals surface area contributed by atoms with Gasteiger partial charge in [-0.3, -0.25) is 4.79 Å². The van der Waals surface area contributed by atoms with E-state index in [1.807, 2.05) is 18.2 Å². The quantitative estimate of drug-likeness (QED) is 0.802. The van der Waals surface area contributed by atoms with Crippen molar-refractivity contribution < 1.29 is 9.90 Å². The lowest BCUT2D eigenvalue weighted by molar-refractivity contribution is -0.142. The fourth-order valence-corrected chi connectivity index (χ4v) is 2.74. The molecule has 1 aromatic carbocycles. The molecule has 0 saturated carbocycles. The molecule has 0 aliphatic heterocycles. The lowest BCUT2D eigenvalue weighted by atomic mass is 9.98. The molecule has 1 unspecified atom stereocenters. The van der Waals surface area contributed by atoms with Crippen LogP contribution in [0.5, 0.6) is 0 Å². The van der Waals surface area contributed by atoms with Crippen LogP contribution in [0.15, 0.2) is 24.3 Å². The van der Waals surface area contributed by atoms with E-state index in [9.17, 15) is 9.90 Å². The zero-order valence-corrected chi connectivity index (χ0v) is 12.9. The minimum absolute atomic E-state index is 0.336. The van der Waals surface area contributed by atoms with Gasteiger partial charge in [0, 0.05) is 13.0 Å². The van der Waals surface area contributed by atoms with Gasteiger partial charge in [-0.05, 0) is 25.0 Å². The molecule has 1 aromatic heterocycles. The maximum absolute atomic E-state index is 11.5. The van der Waals surface area contributed by atoms with Crippen LogP contribution in [-0.4, -0.2) is 20.6 Å². The molecule has 0 bridgehead atoms. The number of aromatic nitrogens is 2. The number of nitrogens with zero attached hydrogens (tertiary/aromatic N) is 2. The van der Waals surface area contributed by atoms with E-state index in [-0.39, 0.29) is 5.92 Å². The average molecular weight is 288 g/mol. The number of carbonyl (C=O) groups is 1. The molecule has 2 rings (SSSR count). The number of hydrogen-bond donors (Lipinski definition) is 1. The van der Waals surface area contributed by atoms with Gasteiger partial charge in [-0.1, -0.05) is 38.8 Å². The summed E-state index contributed by atoms with van der Waals surface area (Å²) in [6.07, 6.45) is 4.23. The number of carboxylic acid groups (broad SMARTS) is 1. The number of benzene rings is 1. The molecule has 4 nitrogen and oxygen atoms in total. The summed E-state index contributed by atoms with van der Waals surface area (Å²) in [6, 6.07) is 8.03. The SMILES string of the molecule is CCCCC(Cc1nc2ccccc2n1CCC)C(=O)O. The first-order valence-corrected chi connectivity index (χ1v) is 7.84. The normalized spacial score (nSPS) is 12.7. The molecule has 21 heavy (non-hydrogen) atoms. The van der Waals surface area contributed by atoms with E-state index in [1.165, 1.54) is 0 Å². The lowest BCUT2D eigenvalue weighted by Crippen LogP contribution is -2.19. The van der Waals surface area contributed by atoms with E-state index >= 15 is 0 Å². The second-order valence-electron chi connectivity index (χ2n) is 5.55. The lowest BCUT2D eigenvalue weighted by Gasteiger charge is -2.13. The molecule has 114 valence electrons. The van der Waals surface area contributed by atoms with Gasteiger partial charge in [0.25, 0.3) is 0 Å². The summed E-state index contributed by atoms with van der Waals surface area (Å²) in [5, 5.41) is 9.42. The minimum Gasteiger partial charge on any atom is -0.481 e. The molecule has 1 N–H and O–H groups in total. The summed E-state index contributed by atoms with van der Waals surface area (Å²) in [6.45, 7) is 5.10. The van der Waals surface area contributed by atoms with Crippen molar-refractivity contribution in [1.29, 1.82) is 0 Å². The monoisotopic (exact) mass is 288 g/mol. The Labute approximate surface area is 125 Å². The highest BCUT2D eigenvalue weighted by Crippen LogP contribution is 2.21. The molecule has 0 radical (unpaired) electrons. The van der Waals surface area contributed by atoms with Crippen LogP contribution >= 0.6 is 0 Å². The Balaban J connectivity index is 2.30. The number of carboxylic acids is 1. The molecule has 0 aliphatic carbocycles. The van der Waals surface area contributed by atoms with Crippen molar-refractivity contribution in [1.82, 2.24) is 9.55 Å². The first-order chi connectivity index (χ1) is 10.2. The molecule has 0 saturated heterocycles. The predicted octanol–water partition coefficient (Wildman–Crippen LogP) is 3.88. The van der Waals surface area contributed by atoms with Gasteiger partial charge in [-0.25, -0.2) is 4.98 Å². The Morgan fingerprint density at radius 2 is 2.05 bits per heavy atom. The Hall–Kier alpha value is -1.84. The highest BCUT2D eigenvalue weighted by Gasteiger charge is 2.21. The largest absolute Gasteiger partial charge is 0.481 e. The third-order valence-electron chi connectivity index (χ3n) is 3.87. The standard InChI is InChI=1S/C17H24N2O2/c1-3-5-8-13(17(20)21)12-16-18-14-9-6-7-10-15(14)19(16)11-4-2/h6-7,9-10,13H,3-5,8,11-12H2,1-2H3,(H,20,21). The maximum Gasteiger partial charge on any atom is 0.306 e. The number of aliphatic carboxylic acids is 1. The van der Waals surface area contributed by atoms with E-state index < -0.39 is 5.97 Å². The van der Waals surface area contributed by atoms with E-state index in [0.717, 1.165) is 49.1 Å². The third-order valence-corrected chi connectivity index (χ3v) is 3.87. The van der Waals surface area contributed by atoms with Gasteiger partial charge in [-0.2, -0.15) is 0 Å². The summed E-state index contributed by atoms with van der Waals surface area (Å²) in [5.41, 5.74) is 2.06. The molecule has 1 atom stereocenters. The zero-order chi connectivity index (χ0) is 15.2. The fourth-order valence-electron chi connectivity index (χ4n) is 2.74. The van der Waals surface area contributed by atoms with Gasteiger partial charge >= 0.3 is 5.97 Å². The van der Waals surface area contributed by atoms with Gasteiger partial charge in [0.1, 0.15) is 5.82 Å². The number of aryl methyl sites for hydroxylation is 1. The summed E-state index contributed by atoms with van der Waals surface area (Å²) in [7, 11) is 0. The van der Waals surface area contributed by atoms with Crippen LogP contribution in [0.25, 0.3) is 11.0 Å². The maximum atomic E-state index is 11.5. The second-order valence-corrected chi connectivity index (χ2v) is 5.55. The molecule has 0 fully saturated rings. The minimum atomic E-state index is -0.710. The molecular formula is C17H24N2O2. The van der Waals surface area contributed by atoms with Crippen molar-refractivity contribution in [3.8, 4) is 0 Å². The predicted molar refractivity (Wildman–Crippen MR) is 84.4 cm³/mol. The van der Waals surface area contributed by atoms with Crippen molar-refractivity contribution in [2.45, 2.75) is 52.5 Å². The number of imidazole rings is 1. The Morgan fingerprint density at radius 1 is 1.29 bits per heavy atom. The number of hydrogen-bond acceptors (Lipinski definition) is 2. The van der Waals surface area contributed by atoms with Gasteiger partial charge < -0.3 is 9.67 Å². The van der Waals surface area contributed by atoms with Crippen molar-refractivity contribution in [2.24, 2.45) is 5.92 Å². The summed E-state index contributed by atoms with van der Waals surface area (Å²) < 4.78 is 2.18. The van der Waals surface area contributed by atoms with Crippen LogP contribution in [0.1, 0.15) is 45.4 Å². The highest BCUT2D eigenvalue weighted by atomic mass is 16.4. The highest BCUT2D eigenvalue weighted by molar-refractivity contribution is 5.76. The van der Waals surface area contributed by atoms with Crippen LogP contribution in [0, 0.1) is 5.92 Å². The number of unbranched alkanes of at least 4 members (excludes halogenated alkanes) is 1. The molecule has 0 spiro atoms. The van der Waals surface area contributed by atoms with Gasteiger partial charge in [-0.15, -0.1) is 0 Å². The Bertz CT molecular complexity index is 604. The van der Waals surface area contributed by atoms with E-state index in [4.69, 9.17) is 0 Å². The van der Waals surface area contributed by atoms with Crippen LogP contribution in [0.4, 0.5) is 0 Å². The second kappa shape index (κ2) is 7.25. The van der Waals surface area contributed by atoms with Gasteiger partial charge in [0.05, 0.1) is 17.0 Å². The summed E-state index contributed by atoms with van der Waals surface area (Å²) in [4.78, 5) is 16.1. The third kappa shape index (κ3) is 3.63. The van der Waals surface area contributed by atoms with E-state index in [1.54, 1.807) is 0 Å². The van der Waals surface area contributed by atoms with Gasteiger partial charge in [0.15, 0.2) is 0 Å². The van der Waals surface area contributed by atoms with Crippen LogP contribution in [0.2, 0.25) is 0 Å². The first kappa shape index (κ1) is 15.5.